The lowest BCUT2D eigenvalue weighted by Gasteiger charge is -2.20. The van der Waals surface area contributed by atoms with Gasteiger partial charge in [0.2, 0.25) is 0 Å². The highest BCUT2D eigenvalue weighted by Gasteiger charge is 2.27. The summed E-state index contributed by atoms with van der Waals surface area (Å²) in [6.45, 7) is 2.22. The Morgan fingerprint density at radius 3 is 2.55 bits per heavy atom. The summed E-state index contributed by atoms with van der Waals surface area (Å²) in [7, 11) is 2.00. The fourth-order valence-corrected chi connectivity index (χ4v) is 2.65. The molecule has 1 heterocycles. The molecular weight excluding hydrogens is 245 g/mol. The lowest BCUT2D eigenvalue weighted by Crippen LogP contribution is -2.23. The van der Waals surface area contributed by atoms with Crippen LogP contribution in [0.25, 0.3) is 0 Å². The van der Waals surface area contributed by atoms with E-state index >= 15 is 0 Å². The predicted molar refractivity (Wildman–Crippen MR) is 87.4 cm³/mol. The van der Waals surface area contributed by atoms with E-state index in [0.717, 1.165) is 24.2 Å². The molecule has 3 heteroatoms. The third-order valence-corrected chi connectivity index (χ3v) is 3.68. The van der Waals surface area contributed by atoms with Gasteiger partial charge < -0.3 is 0 Å². The van der Waals surface area contributed by atoms with Gasteiger partial charge in [-0.15, -0.1) is 0 Å². The number of rotatable bonds is 6. The van der Waals surface area contributed by atoms with Crippen molar-refractivity contribution < 1.29 is 4.79 Å². The number of amides is 1. The molecule has 0 N–H and O–H groups in total. The Morgan fingerprint density at radius 2 is 1.90 bits per heavy atom. The van der Waals surface area contributed by atoms with Crippen LogP contribution in [0.4, 0.5) is 5.69 Å². The Kier molecular flexibility index (Phi) is 5.22. The largest absolute Gasteiger partial charge is 0.278 e. The highest BCUT2D eigenvalue weighted by atomic mass is 16.2. The van der Waals surface area contributed by atoms with Gasteiger partial charge in [0.15, 0.2) is 0 Å². The van der Waals surface area contributed by atoms with Crippen molar-refractivity contribution in [3.05, 3.63) is 53.7 Å². The zero-order valence-corrected chi connectivity index (χ0v) is 12.4. The first-order valence-corrected chi connectivity index (χ1v) is 7.54. The normalized spacial score (nSPS) is 16.9. The van der Waals surface area contributed by atoms with E-state index in [2.05, 4.69) is 6.92 Å². The number of unbranched alkanes of at least 4 members (excludes halogenated alkanes) is 3. The second kappa shape index (κ2) is 7.13. The molecule has 0 fully saturated rings. The van der Waals surface area contributed by atoms with Gasteiger partial charge in [0.1, 0.15) is 7.85 Å². The summed E-state index contributed by atoms with van der Waals surface area (Å²) in [5.41, 5.74) is 3.18. The molecule has 0 bridgehead atoms. The quantitative estimate of drug-likeness (QED) is 0.571. The van der Waals surface area contributed by atoms with E-state index < -0.39 is 0 Å². The maximum atomic E-state index is 12.3. The highest BCUT2D eigenvalue weighted by Crippen LogP contribution is 2.32. The van der Waals surface area contributed by atoms with Crippen molar-refractivity contribution in [2.24, 2.45) is 0 Å². The van der Waals surface area contributed by atoms with Gasteiger partial charge in [0, 0.05) is 17.5 Å². The number of benzene rings is 1. The number of allylic oxidation sites excluding steroid dienone is 1. The summed E-state index contributed by atoms with van der Waals surface area (Å²) >= 11 is 0. The molecule has 0 saturated carbocycles. The standard InChI is InChI=1S/C17H22BNO/c1-2-3-4-6-9-14-12-17(20)19(16(14)13-18)15-10-7-5-8-11-15/h5,7-8,10-13H,2-4,6,9,18H2,1H3/b16-13-. The van der Waals surface area contributed by atoms with E-state index in [1.165, 1.54) is 24.8 Å². The van der Waals surface area contributed by atoms with Crippen molar-refractivity contribution in [3.63, 3.8) is 0 Å². The first-order chi connectivity index (χ1) is 9.77. The summed E-state index contributed by atoms with van der Waals surface area (Å²) in [4.78, 5) is 14.1. The molecular formula is C17H22BNO. The summed E-state index contributed by atoms with van der Waals surface area (Å²) < 4.78 is 0. The van der Waals surface area contributed by atoms with E-state index in [1.54, 1.807) is 6.08 Å². The maximum absolute atomic E-state index is 12.3. The first kappa shape index (κ1) is 14.6. The van der Waals surface area contributed by atoms with E-state index in [9.17, 15) is 4.79 Å². The van der Waals surface area contributed by atoms with Crippen LogP contribution in [0.15, 0.2) is 53.7 Å². The zero-order valence-electron chi connectivity index (χ0n) is 12.4. The van der Waals surface area contributed by atoms with Gasteiger partial charge >= 0.3 is 0 Å². The minimum Gasteiger partial charge on any atom is -0.278 e. The van der Waals surface area contributed by atoms with E-state index in [1.807, 2.05) is 49.1 Å². The molecule has 0 atom stereocenters. The van der Waals surface area contributed by atoms with E-state index in [0.29, 0.717) is 0 Å². The van der Waals surface area contributed by atoms with Crippen molar-refractivity contribution in [1.29, 1.82) is 0 Å². The fraction of sp³-hybridized carbons (Fsp3) is 0.353. The molecule has 0 aliphatic carbocycles. The summed E-state index contributed by atoms with van der Waals surface area (Å²) in [6, 6.07) is 9.87. The first-order valence-electron chi connectivity index (χ1n) is 7.54. The molecule has 0 saturated heterocycles. The van der Waals surface area contributed by atoms with Gasteiger partial charge in [0.25, 0.3) is 5.91 Å². The van der Waals surface area contributed by atoms with Crippen LogP contribution in [0.5, 0.6) is 0 Å². The Hall–Kier alpha value is -1.77. The Balaban J connectivity index is 2.10. The molecule has 1 aromatic rings. The average molecular weight is 267 g/mol. The van der Waals surface area contributed by atoms with Crippen LogP contribution in [0.1, 0.15) is 39.0 Å². The Labute approximate surface area is 122 Å². The number of carbonyl (C=O) groups is 1. The number of para-hydroxylation sites is 1. The number of carbonyl (C=O) groups excluding carboxylic acids is 1. The highest BCUT2D eigenvalue weighted by molar-refractivity contribution is 6.20. The minimum atomic E-state index is 0.0785. The van der Waals surface area contributed by atoms with Crippen LogP contribution in [0.2, 0.25) is 0 Å². The van der Waals surface area contributed by atoms with Gasteiger partial charge in [-0.2, -0.15) is 0 Å². The van der Waals surface area contributed by atoms with E-state index in [-0.39, 0.29) is 5.91 Å². The van der Waals surface area contributed by atoms with Crippen LogP contribution in [0.3, 0.4) is 0 Å². The van der Waals surface area contributed by atoms with Crippen LogP contribution in [-0.2, 0) is 4.79 Å². The molecule has 1 aliphatic rings. The van der Waals surface area contributed by atoms with Crippen molar-refractivity contribution in [2.75, 3.05) is 4.90 Å². The lowest BCUT2D eigenvalue weighted by molar-refractivity contribution is -0.113. The molecule has 2 nitrogen and oxygen atoms in total. The van der Waals surface area contributed by atoms with Crippen LogP contribution < -0.4 is 4.90 Å². The van der Waals surface area contributed by atoms with Gasteiger partial charge in [-0.25, -0.2) is 0 Å². The SMILES string of the molecule is B/C=C1/C(CCCCCC)=CC(=O)N1c1ccccc1. The molecule has 20 heavy (non-hydrogen) atoms. The van der Waals surface area contributed by atoms with Gasteiger partial charge in [-0.05, 0) is 30.5 Å². The lowest BCUT2D eigenvalue weighted by atomic mass is 10.00. The van der Waals surface area contributed by atoms with Crippen molar-refractivity contribution in [3.8, 4) is 0 Å². The smallest absolute Gasteiger partial charge is 0.255 e. The second-order valence-electron chi connectivity index (χ2n) is 5.16. The predicted octanol–water partition coefficient (Wildman–Crippen LogP) is 3.40. The number of anilines is 1. The molecule has 0 spiro atoms. The van der Waals surface area contributed by atoms with Gasteiger partial charge in [-0.3, -0.25) is 9.69 Å². The average Bonchev–Trinajstić information content (AvgIpc) is 2.80. The summed E-state index contributed by atoms with van der Waals surface area (Å²) in [5.74, 6) is 2.12. The fourth-order valence-electron chi connectivity index (χ4n) is 2.65. The molecule has 2 rings (SSSR count). The van der Waals surface area contributed by atoms with Gasteiger partial charge in [-0.1, -0.05) is 50.4 Å². The Bertz CT molecular complexity index is 519. The molecule has 0 aromatic heterocycles. The molecule has 1 aliphatic heterocycles. The molecule has 0 unspecified atom stereocenters. The number of hydrogen-bond donors (Lipinski definition) is 0. The van der Waals surface area contributed by atoms with Crippen LogP contribution in [0, 0.1) is 0 Å². The molecule has 1 amide bonds. The topological polar surface area (TPSA) is 20.3 Å². The van der Waals surface area contributed by atoms with Gasteiger partial charge in [0.05, 0.1) is 0 Å². The number of nitrogens with zero attached hydrogens (tertiary/aromatic N) is 1. The maximum Gasteiger partial charge on any atom is 0.255 e. The second-order valence-corrected chi connectivity index (χ2v) is 5.16. The van der Waals surface area contributed by atoms with Crippen molar-refractivity contribution in [2.45, 2.75) is 39.0 Å². The zero-order chi connectivity index (χ0) is 14.4. The minimum absolute atomic E-state index is 0.0785. The monoisotopic (exact) mass is 267 g/mol. The van der Waals surface area contributed by atoms with Crippen molar-refractivity contribution in [1.82, 2.24) is 0 Å². The molecule has 1 aromatic carbocycles. The van der Waals surface area contributed by atoms with E-state index in [4.69, 9.17) is 0 Å². The third-order valence-electron chi connectivity index (χ3n) is 3.68. The molecule has 104 valence electrons. The Morgan fingerprint density at radius 1 is 1.15 bits per heavy atom. The number of hydrogen-bond acceptors (Lipinski definition) is 1. The van der Waals surface area contributed by atoms with Crippen molar-refractivity contribution >= 4 is 19.4 Å². The third kappa shape index (κ3) is 3.22. The van der Waals surface area contributed by atoms with Crippen LogP contribution in [-0.4, -0.2) is 13.8 Å². The summed E-state index contributed by atoms with van der Waals surface area (Å²) in [6.07, 6.45) is 7.71. The molecule has 0 radical (unpaired) electrons. The van der Waals surface area contributed by atoms with Crippen LogP contribution >= 0.6 is 0 Å². The summed E-state index contributed by atoms with van der Waals surface area (Å²) in [5, 5.41) is 0.